The van der Waals surface area contributed by atoms with Crippen LogP contribution in [0.15, 0.2) is 43.1 Å². The Balaban J connectivity index is 1.41. The summed E-state index contributed by atoms with van der Waals surface area (Å²) in [6.45, 7) is 16.5. The van der Waals surface area contributed by atoms with E-state index in [-0.39, 0.29) is 0 Å². The van der Waals surface area contributed by atoms with Crippen molar-refractivity contribution in [2.75, 3.05) is 19.7 Å². The number of benzene rings is 1. The SMILES string of the molecule is C=CCOc1ccc([C@H](C)N2CC3CC2CN3Cc2ccc(CC)cn2)c(C)c1C. The summed E-state index contributed by atoms with van der Waals surface area (Å²) in [5.41, 5.74) is 6.53. The molecule has 1 aromatic carbocycles. The lowest BCUT2D eigenvalue weighted by molar-refractivity contribution is 0.0927. The van der Waals surface area contributed by atoms with Crippen LogP contribution in [0.1, 0.15) is 54.3 Å². The second kappa shape index (κ2) is 8.91. The summed E-state index contributed by atoms with van der Waals surface area (Å²) >= 11 is 0. The number of hydrogen-bond donors (Lipinski definition) is 0. The molecule has 0 amide bonds. The summed E-state index contributed by atoms with van der Waals surface area (Å²) in [5, 5.41) is 0. The third-order valence-electron chi connectivity index (χ3n) is 7.14. The molecule has 0 spiro atoms. The lowest BCUT2D eigenvalue weighted by atomic mass is 9.96. The van der Waals surface area contributed by atoms with Crippen molar-refractivity contribution in [1.82, 2.24) is 14.8 Å². The van der Waals surface area contributed by atoms with Gasteiger partial charge < -0.3 is 4.74 Å². The number of pyridine rings is 1. The second-order valence-electron chi connectivity index (χ2n) is 8.86. The first-order chi connectivity index (χ1) is 14.5. The van der Waals surface area contributed by atoms with Crippen molar-refractivity contribution >= 4 is 0 Å². The maximum absolute atomic E-state index is 5.82. The van der Waals surface area contributed by atoms with Crippen LogP contribution < -0.4 is 4.74 Å². The van der Waals surface area contributed by atoms with E-state index in [1.54, 1.807) is 6.08 Å². The van der Waals surface area contributed by atoms with Crippen LogP contribution >= 0.6 is 0 Å². The number of likely N-dealkylation sites (tertiary alicyclic amines) is 2. The number of aryl methyl sites for hydroxylation is 1. The molecule has 2 bridgehead atoms. The highest BCUT2D eigenvalue weighted by molar-refractivity contribution is 5.45. The van der Waals surface area contributed by atoms with Gasteiger partial charge in [-0.15, -0.1) is 0 Å². The van der Waals surface area contributed by atoms with Crippen LogP contribution in [0.5, 0.6) is 5.75 Å². The molecule has 4 heteroatoms. The lowest BCUT2D eigenvalue weighted by Gasteiger charge is -2.38. The highest BCUT2D eigenvalue weighted by Gasteiger charge is 2.45. The van der Waals surface area contributed by atoms with Gasteiger partial charge in [-0.2, -0.15) is 0 Å². The van der Waals surface area contributed by atoms with E-state index >= 15 is 0 Å². The Kier molecular flexibility index (Phi) is 6.26. The zero-order valence-electron chi connectivity index (χ0n) is 18.9. The molecule has 4 rings (SSSR count). The summed E-state index contributed by atoms with van der Waals surface area (Å²) in [4.78, 5) is 10.0. The lowest BCUT2D eigenvalue weighted by Crippen LogP contribution is -2.46. The molecule has 3 heterocycles. The normalized spacial score (nSPS) is 22.4. The highest BCUT2D eigenvalue weighted by atomic mass is 16.5. The fourth-order valence-corrected chi connectivity index (χ4v) is 5.17. The predicted molar refractivity (Wildman–Crippen MR) is 123 cm³/mol. The molecule has 30 heavy (non-hydrogen) atoms. The van der Waals surface area contributed by atoms with Crippen molar-refractivity contribution in [1.29, 1.82) is 0 Å². The van der Waals surface area contributed by atoms with Gasteiger partial charge in [-0.1, -0.05) is 31.7 Å². The molecule has 0 N–H and O–H groups in total. The fraction of sp³-hybridized carbons (Fsp3) is 0.500. The Morgan fingerprint density at radius 2 is 2.00 bits per heavy atom. The number of ether oxygens (including phenoxy) is 1. The molecule has 160 valence electrons. The largest absolute Gasteiger partial charge is 0.489 e. The van der Waals surface area contributed by atoms with Crippen molar-refractivity contribution in [2.24, 2.45) is 0 Å². The van der Waals surface area contributed by atoms with Gasteiger partial charge in [0.15, 0.2) is 0 Å². The standard InChI is InChI=1S/C26H35N3O/c1-6-12-30-26-11-10-25(18(3)19(26)4)20(5)29-17-23-13-24(29)16-28(23)15-22-9-8-21(7-2)14-27-22/h6,8-11,14,20,23-24H,1,7,12-13,15-17H2,2-5H3/t20-,23?,24?/m0/s1. The summed E-state index contributed by atoms with van der Waals surface area (Å²) in [7, 11) is 0. The first kappa shape index (κ1) is 21.1. The molecule has 2 aliphatic heterocycles. The van der Waals surface area contributed by atoms with Crippen molar-refractivity contribution in [3.05, 3.63) is 71.1 Å². The molecule has 2 aromatic rings. The van der Waals surface area contributed by atoms with E-state index in [4.69, 9.17) is 4.74 Å². The number of rotatable bonds is 8. The van der Waals surface area contributed by atoms with Gasteiger partial charge in [-0.05, 0) is 68.0 Å². The Bertz CT molecular complexity index is 892. The Morgan fingerprint density at radius 3 is 2.63 bits per heavy atom. The quantitative estimate of drug-likeness (QED) is 0.587. The van der Waals surface area contributed by atoms with Crippen molar-refractivity contribution < 1.29 is 4.74 Å². The molecular weight excluding hydrogens is 370 g/mol. The van der Waals surface area contributed by atoms with Crippen LogP contribution in [0.4, 0.5) is 0 Å². The van der Waals surface area contributed by atoms with Gasteiger partial charge in [-0.3, -0.25) is 14.8 Å². The Hall–Kier alpha value is -2.17. The molecule has 2 saturated heterocycles. The zero-order valence-corrected chi connectivity index (χ0v) is 18.9. The topological polar surface area (TPSA) is 28.6 Å². The van der Waals surface area contributed by atoms with E-state index in [0.717, 1.165) is 31.8 Å². The summed E-state index contributed by atoms with van der Waals surface area (Å²) in [5.74, 6) is 0.971. The van der Waals surface area contributed by atoms with Gasteiger partial charge in [0.05, 0.1) is 5.69 Å². The number of nitrogens with zero attached hydrogens (tertiary/aromatic N) is 3. The third kappa shape index (κ3) is 4.03. The van der Waals surface area contributed by atoms with Crippen LogP contribution in [0.25, 0.3) is 0 Å². The van der Waals surface area contributed by atoms with Gasteiger partial charge in [-0.25, -0.2) is 0 Å². The van der Waals surface area contributed by atoms with E-state index < -0.39 is 0 Å². The van der Waals surface area contributed by atoms with E-state index in [0.29, 0.717) is 24.7 Å². The summed E-state index contributed by atoms with van der Waals surface area (Å²) in [6.07, 6.45) is 6.15. The molecule has 0 aliphatic carbocycles. The average molecular weight is 406 g/mol. The van der Waals surface area contributed by atoms with Crippen molar-refractivity contribution in [2.45, 2.75) is 65.2 Å². The average Bonchev–Trinajstić information content (AvgIpc) is 3.35. The van der Waals surface area contributed by atoms with E-state index in [2.05, 4.69) is 73.3 Å². The second-order valence-corrected chi connectivity index (χ2v) is 8.86. The minimum Gasteiger partial charge on any atom is -0.489 e. The van der Waals surface area contributed by atoms with E-state index in [1.165, 1.54) is 34.4 Å². The molecule has 2 unspecified atom stereocenters. The third-order valence-corrected chi connectivity index (χ3v) is 7.14. The number of fused-ring (bicyclic) bond motifs is 2. The van der Waals surface area contributed by atoms with Crippen LogP contribution in [0, 0.1) is 13.8 Å². The van der Waals surface area contributed by atoms with Gasteiger partial charge >= 0.3 is 0 Å². The minimum absolute atomic E-state index is 0.427. The van der Waals surface area contributed by atoms with Crippen LogP contribution in [0.3, 0.4) is 0 Å². The molecule has 2 fully saturated rings. The molecule has 4 nitrogen and oxygen atoms in total. The van der Waals surface area contributed by atoms with Crippen LogP contribution in [-0.4, -0.2) is 46.6 Å². The monoisotopic (exact) mass is 405 g/mol. The van der Waals surface area contributed by atoms with Crippen molar-refractivity contribution in [3.63, 3.8) is 0 Å². The van der Waals surface area contributed by atoms with Gasteiger partial charge in [0.2, 0.25) is 0 Å². The maximum Gasteiger partial charge on any atom is 0.122 e. The summed E-state index contributed by atoms with van der Waals surface area (Å²) in [6, 6.07) is 10.5. The van der Waals surface area contributed by atoms with Crippen molar-refractivity contribution in [3.8, 4) is 5.75 Å². The smallest absolute Gasteiger partial charge is 0.122 e. The Morgan fingerprint density at radius 1 is 1.17 bits per heavy atom. The van der Waals surface area contributed by atoms with Gasteiger partial charge in [0.1, 0.15) is 12.4 Å². The highest BCUT2D eigenvalue weighted by Crippen LogP contribution is 2.39. The van der Waals surface area contributed by atoms with Crippen LogP contribution in [0.2, 0.25) is 0 Å². The van der Waals surface area contributed by atoms with Crippen LogP contribution in [-0.2, 0) is 13.0 Å². The van der Waals surface area contributed by atoms with Gasteiger partial charge in [0.25, 0.3) is 0 Å². The molecule has 1 aromatic heterocycles. The first-order valence-corrected chi connectivity index (χ1v) is 11.3. The molecule has 0 radical (unpaired) electrons. The van der Waals surface area contributed by atoms with Gasteiger partial charge in [0, 0.05) is 44.0 Å². The summed E-state index contributed by atoms with van der Waals surface area (Å²) < 4.78 is 5.82. The molecule has 2 aliphatic rings. The maximum atomic E-state index is 5.82. The zero-order chi connectivity index (χ0) is 21.3. The molecule has 0 saturated carbocycles. The predicted octanol–water partition coefficient (Wildman–Crippen LogP) is 4.85. The Labute approximate surface area is 181 Å². The molecular formula is C26H35N3O. The first-order valence-electron chi connectivity index (χ1n) is 11.3. The molecule has 3 atom stereocenters. The minimum atomic E-state index is 0.427. The van der Waals surface area contributed by atoms with E-state index in [1.807, 2.05) is 6.20 Å². The van der Waals surface area contributed by atoms with E-state index in [9.17, 15) is 0 Å². The number of piperazine rings is 1. The number of hydrogen-bond acceptors (Lipinski definition) is 4. The number of aromatic nitrogens is 1. The fourth-order valence-electron chi connectivity index (χ4n) is 5.17.